The number of ketones is 1. The summed E-state index contributed by atoms with van der Waals surface area (Å²) in [5.74, 6) is 0.562. The van der Waals surface area contributed by atoms with Gasteiger partial charge in [0.05, 0.1) is 19.2 Å². The monoisotopic (exact) mass is 267 g/mol. The van der Waals surface area contributed by atoms with Crippen molar-refractivity contribution in [2.45, 2.75) is 13.5 Å². The number of carbonyl (C=O) groups is 1. The van der Waals surface area contributed by atoms with Gasteiger partial charge in [0, 0.05) is 26.2 Å². The van der Waals surface area contributed by atoms with Gasteiger partial charge in [-0.1, -0.05) is 0 Å². The zero-order valence-electron chi connectivity index (χ0n) is 10.9. The van der Waals surface area contributed by atoms with E-state index in [1.165, 1.54) is 6.07 Å². The van der Waals surface area contributed by atoms with E-state index in [1.807, 2.05) is 0 Å². The molecule has 1 saturated heterocycles. The fourth-order valence-corrected chi connectivity index (χ4v) is 2.19. The highest BCUT2D eigenvalue weighted by atomic mass is 16.6. The van der Waals surface area contributed by atoms with Crippen LogP contribution in [0.15, 0.2) is 16.5 Å². The molecule has 0 saturated carbocycles. The number of hydrogen-bond acceptors (Lipinski definition) is 6. The van der Waals surface area contributed by atoms with Crippen LogP contribution in [0.3, 0.4) is 0 Å². The number of nitrogens with zero attached hydrogens (tertiary/aromatic N) is 3. The molecular weight excluding hydrogens is 250 g/mol. The summed E-state index contributed by atoms with van der Waals surface area (Å²) in [6.07, 6.45) is 0. The van der Waals surface area contributed by atoms with Gasteiger partial charge in [0.2, 0.25) is 0 Å². The molecule has 0 atom stereocenters. The van der Waals surface area contributed by atoms with E-state index in [2.05, 4.69) is 9.80 Å². The third kappa shape index (κ3) is 3.87. The van der Waals surface area contributed by atoms with Crippen LogP contribution in [0.1, 0.15) is 12.7 Å². The molecule has 0 amide bonds. The van der Waals surface area contributed by atoms with Crippen LogP contribution >= 0.6 is 0 Å². The lowest BCUT2D eigenvalue weighted by Gasteiger charge is -2.33. The van der Waals surface area contributed by atoms with Crippen molar-refractivity contribution < 1.29 is 14.1 Å². The van der Waals surface area contributed by atoms with Crippen molar-refractivity contribution in [3.05, 3.63) is 28.0 Å². The first-order valence-electron chi connectivity index (χ1n) is 6.22. The number of hydrogen-bond donors (Lipinski definition) is 0. The van der Waals surface area contributed by atoms with Crippen LogP contribution in [-0.4, -0.2) is 53.2 Å². The van der Waals surface area contributed by atoms with Gasteiger partial charge in [0.25, 0.3) is 0 Å². The van der Waals surface area contributed by atoms with Crippen LogP contribution in [0.4, 0.5) is 5.88 Å². The van der Waals surface area contributed by atoms with E-state index in [0.29, 0.717) is 18.8 Å². The van der Waals surface area contributed by atoms with Crippen molar-refractivity contribution in [2.24, 2.45) is 0 Å². The SMILES string of the molecule is CC(=O)CN1CCN(Cc2ccc([N+](=O)[O-])o2)CC1. The lowest BCUT2D eigenvalue weighted by Crippen LogP contribution is -2.47. The average molecular weight is 267 g/mol. The van der Waals surface area contributed by atoms with Gasteiger partial charge in [-0.05, 0) is 13.0 Å². The Labute approximate surface area is 110 Å². The Morgan fingerprint density at radius 1 is 1.32 bits per heavy atom. The van der Waals surface area contributed by atoms with Gasteiger partial charge in [-0.3, -0.25) is 24.7 Å². The number of piperazine rings is 1. The Bertz CT molecular complexity index is 463. The maximum atomic E-state index is 11.0. The second-order valence-corrected chi connectivity index (χ2v) is 4.75. The van der Waals surface area contributed by atoms with Gasteiger partial charge in [-0.15, -0.1) is 0 Å². The van der Waals surface area contributed by atoms with Crippen molar-refractivity contribution in [3.63, 3.8) is 0 Å². The molecule has 7 nitrogen and oxygen atoms in total. The third-order valence-corrected chi connectivity index (χ3v) is 3.12. The van der Waals surface area contributed by atoms with Gasteiger partial charge in [-0.25, -0.2) is 0 Å². The summed E-state index contributed by atoms with van der Waals surface area (Å²) in [5, 5.41) is 10.5. The Morgan fingerprint density at radius 2 is 1.95 bits per heavy atom. The largest absolute Gasteiger partial charge is 0.433 e. The molecule has 1 aliphatic rings. The predicted molar refractivity (Wildman–Crippen MR) is 67.8 cm³/mol. The number of furan rings is 1. The Balaban J connectivity index is 1.81. The molecule has 0 spiro atoms. The fraction of sp³-hybridized carbons (Fsp3) is 0.583. The van der Waals surface area contributed by atoms with E-state index < -0.39 is 4.92 Å². The molecule has 1 aliphatic heterocycles. The highest BCUT2D eigenvalue weighted by molar-refractivity contribution is 5.77. The number of rotatable bonds is 5. The fourth-order valence-electron chi connectivity index (χ4n) is 2.19. The topological polar surface area (TPSA) is 79.8 Å². The minimum atomic E-state index is -0.533. The Morgan fingerprint density at radius 3 is 2.47 bits per heavy atom. The Kier molecular flexibility index (Phi) is 4.28. The highest BCUT2D eigenvalue weighted by Gasteiger charge is 2.20. The lowest BCUT2D eigenvalue weighted by atomic mass is 10.2. The molecule has 2 heterocycles. The van der Waals surface area contributed by atoms with E-state index >= 15 is 0 Å². The van der Waals surface area contributed by atoms with E-state index in [9.17, 15) is 14.9 Å². The molecule has 19 heavy (non-hydrogen) atoms. The summed E-state index contributed by atoms with van der Waals surface area (Å²) < 4.78 is 5.13. The normalized spacial score (nSPS) is 17.5. The van der Waals surface area contributed by atoms with Crippen LogP contribution in [0.5, 0.6) is 0 Å². The van der Waals surface area contributed by atoms with Crippen LogP contribution in [-0.2, 0) is 11.3 Å². The molecule has 0 N–H and O–H groups in total. The van der Waals surface area contributed by atoms with Crippen molar-refractivity contribution in [1.29, 1.82) is 0 Å². The Hall–Kier alpha value is -1.73. The standard InChI is InChI=1S/C12H17N3O4/c1-10(16)8-13-4-6-14(7-5-13)9-11-2-3-12(19-11)15(17)18/h2-3H,4-9H2,1H3. The zero-order chi connectivity index (χ0) is 13.8. The van der Waals surface area contributed by atoms with Gasteiger partial charge >= 0.3 is 5.88 Å². The average Bonchev–Trinajstić information content (AvgIpc) is 2.80. The highest BCUT2D eigenvalue weighted by Crippen LogP contribution is 2.17. The maximum absolute atomic E-state index is 11.0. The van der Waals surface area contributed by atoms with Crippen molar-refractivity contribution in [3.8, 4) is 0 Å². The zero-order valence-corrected chi connectivity index (χ0v) is 10.9. The molecule has 1 aromatic heterocycles. The molecule has 1 fully saturated rings. The summed E-state index contributed by atoms with van der Waals surface area (Å²) in [6, 6.07) is 3.02. The lowest BCUT2D eigenvalue weighted by molar-refractivity contribution is -0.402. The molecule has 0 radical (unpaired) electrons. The number of nitro groups is 1. The summed E-state index contributed by atoms with van der Waals surface area (Å²) in [5.41, 5.74) is 0. The van der Waals surface area contributed by atoms with Crippen molar-refractivity contribution >= 4 is 11.7 Å². The van der Waals surface area contributed by atoms with Gasteiger partial charge in [0.1, 0.15) is 16.5 Å². The second kappa shape index (κ2) is 5.94. The van der Waals surface area contributed by atoms with E-state index in [1.54, 1.807) is 13.0 Å². The van der Waals surface area contributed by atoms with Gasteiger partial charge < -0.3 is 4.42 Å². The smallest absolute Gasteiger partial charge is 0.404 e. The molecule has 0 aromatic carbocycles. The van der Waals surface area contributed by atoms with Crippen LogP contribution in [0.2, 0.25) is 0 Å². The number of carbonyl (C=O) groups excluding carboxylic acids is 1. The first-order chi connectivity index (χ1) is 9.04. The molecule has 1 aromatic rings. The predicted octanol–water partition coefficient (Wildman–Crippen LogP) is 0.894. The molecule has 0 aliphatic carbocycles. The quantitative estimate of drug-likeness (QED) is 0.582. The first kappa shape index (κ1) is 13.7. The van der Waals surface area contributed by atoms with Crippen molar-refractivity contribution in [1.82, 2.24) is 9.80 Å². The molecule has 7 heteroatoms. The van der Waals surface area contributed by atoms with Gasteiger partial charge in [0.15, 0.2) is 0 Å². The molecule has 2 rings (SSSR count). The summed E-state index contributed by atoms with van der Waals surface area (Å²) >= 11 is 0. The van der Waals surface area contributed by atoms with Crippen LogP contribution < -0.4 is 0 Å². The molecular formula is C12H17N3O4. The van der Waals surface area contributed by atoms with E-state index in [0.717, 1.165) is 26.2 Å². The minimum Gasteiger partial charge on any atom is -0.404 e. The number of Topliss-reactive ketones (excluding diaryl/α,β-unsaturated/α-hetero) is 1. The summed E-state index contributed by atoms with van der Waals surface area (Å²) in [6.45, 7) is 6.00. The van der Waals surface area contributed by atoms with E-state index in [-0.39, 0.29) is 11.7 Å². The maximum Gasteiger partial charge on any atom is 0.433 e. The van der Waals surface area contributed by atoms with Crippen LogP contribution in [0, 0.1) is 10.1 Å². The summed E-state index contributed by atoms with van der Waals surface area (Å²) in [4.78, 5) is 25.3. The minimum absolute atomic E-state index is 0.176. The van der Waals surface area contributed by atoms with E-state index in [4.69, 9.17) is 4.42 Å². The molecule has 0 unspecified atom stereocenters. The van der Waals surface area contributed by atoms with Gasteiger partial charge in [-0.2, -0.15) is 0 Å². The molecule has 0 bridgehead atoms. The molecule has 104 valence electrons. The van der Waals surface area contributed by atoms with Crippen molar-refractivity contribution in [2.75, 3.05) is 32.7 Å². The third-order valence-electron chi connectivity index (χ3n) is 3.12. The van der Waals surface area contributed by atoms with Crippen LogP contribution in [0.25, 0.3) is 0 Å². The first-order valence-corrected chi connectivity index (χ1v) is 6.22. The summed E-state index contributed by atoms with van der Waals surface area (Å²) in [7, 11) is 0. The second-order valence-electron chi connectivity index (χ2n) is 4.75.